The number of hydrogen-bond donors (Lipinski definition) is 2. The largest absolute Gasteiger partial charge is 0.356 e. The van der Waals surface area contributed by atoms with Gasteiger partial charge in [0.25, 0.3) is 0 Å². The zero-order valence-electron chi connectivity index (χ0n) is 14.6. The number of nitroso groups, excluding NO2 is 1. The van der Waals surface area contributed by atoms with E-state index in [4.69, 9.17) is 0 Å². The highest BCUT2D eigenvalue weighted by molar-refractivity contribution is 7.89. The average Bonchev–Trinajstić information content (AvgIpc) is 3.16. The van der Waals surface area contributed by atoms with Gasteiger partial charge in [0.2, 0.25) is 15.9 Å². The fraction of sp³-hybridized carbons (Fsp3) is 0.167. The molecular formula is C18H16N4O4S. The van der Waals surface area contributed by atoms with Crippen LogP contribution in [0.3, 0.4) is 0 Å². The lowest BCUT2D eigenvalue weighted by atomic mass is 9.96. The highest BCUT2D eigenvalue weighted by Gasteiger charge is 2.37. The van der Waals surface area contributed by atoms with Crippen molar-refractivity contribution in [3.05, 3.63) is 58.6 Å². The predicted molar refractivity (Wildman–Crippen MR) is 102 cm³/mol. The third-order valence-corrected chi connectivity index (χ3v) is 6.53. The summed E-state index contributed by atoms with van der Waals surface area (Å²) in [6, 6.07) is 11.6. The Bertz CT molecular complexity index is 1200. The number of hydrogen-bond acceptors (Lipinski definition) is 5. The number of rotatable bonds is 4. The van der Waals surface area contributed by atoms with E-state index in [1.54, 1.807) is 24.3 Å². The van der Waals surface area contributed by atoms with Crippen molar-refractivity contribution < 1.29 is 13.2 Å². The smallest absolute Gasteiger partial charge is 0.242 e. The fourth-order valence-electron chi connectivity index (χ4n) is 3.35. The Morgan fingerprint density at radius 2 is 1.85 bits per heavy atom. The Balaban J connectivity index is 1.93. The van der Waals surface area contributed by atoms with Crippen molar-refractivity contribution in [3.63, 3.8) is 0 Å². The van der Waals surface area contributed by atoms with Gasteiger partial charge in [-0.1, -0.05) is 18.2 Å². The average molecular weight is 384 g/mol. The molecule has 3 aromatic rings. The van der Waals surface area contributed by atoms with E-state index in [9.17, 15) is 18.1 Å². The maximum atomic E-state index is 12.6. The number of carbonyl (C=O) groups excluding carboxylic acids is 1. The lowest BCUT2D eigenvalue weighted by molar-refractivity contribution is -0.116. The minimum atomic E-state index is -3.66. The zero-order valence-corrected chi connectivity index (χ0v) is 15.4. The van der Waals surface area contributed by atoms with Gasteiger partial charge < -0.3 is 10.3 Å². The molecule has 8 nitrogen and oxygen atoms in total. The molecule has 1 amide bonds. The van der Waals surface area contributed by atoms with Crippen molar-refractivity contribution in [1.82, 2.24) is 9.29 Å². The Kier molecular flexibility index (Phi) is 3.86. The summed E-state index contributed by atoms with van der Waals surface area (Å²) in [4.78, 5) is 27.3. The maximum absolute atomic E-state index is 12.6. The van der Waals surface area contributed by atoms with Crippen molar-refractivity contribution in [1.29, 1.82) is 0 Å². The van der Waals surface area contributed by atoms with Crippen molar-refractivity contribution in [3.8, 4) is 0 Å². The zero-order chi connectivity index (χ0) is 19.3. The summed E-state index contributed by atoms with van der Waals surface area (Å²) in [7, 11) is -0.783. The van der Waals surface area contributed by atoms with Crippen molar-refractivity contribution in [2.24, 2.45) is 5.18 Å². The highest BCUT2D eigenvalue weighted by atomic mass is 32.2. The van der Waals surface area contributed by atoms with Crippen molar-refractivity contribution in [2.45, 2.75) is 10.8 Å². The lowest BCUT2D eigenvalue weighted by Gasteiger charge is -2.13. The molecule has 4 rings (SSSR count). The minimum absolute atomic E-state index is 0.0736. The standard InChI is InChI=1S/C18H16N4O4S/c1-22(2)27(25,26)10-7-8-14-12(9-10)15(18(23)20-14)17-16(21-24)11-5-3-4-6-13(11)19-17/h3-9,15,19H,1-2H3,(H,20,23). The van der Waals surface area contributed by atoms with Gasteiger partial charge in [-0.3, -0.25) is 4.79 Å². The number of carbonyl (C=O) groups is 1. The summed E-state index contributed by atoms with van der Waals surface area (Å²) in [5, 5.41) is 6.47. The van der Waals surface area contributed by atoms with Crippen molar-refractivity contribution >= 4 is 38.2 Å². The monoisotopic (exact) mass is 384 g/mol. The first-order valence-corrected chi connectivity index (χ1v) is 9.60. The van der Waals surface area contributed by atoms with Crippen molar-refractivity contribution in [2.75, 3.05) is 19.4 Å². The molecule has 9 heteroatoms. The summed E-state index contributed by atoms with van der Waals surface area (Å²) in [5.41, 5.74) is 2.18. The van der Waals surface area contributed by atoms with E-state index in [0.717, 1.165) is 4.31 Å². The van der Waals surface area contributed by atoms with Gasteiger partial charge in [-0.15, -0.1) is 4.91 Å². The number of para-hydroxylation sites is 1. The number of nitrogens with one attached hydrogen (secondary N) is 2. The third-order valence-electron chi connectivity index (χ3n) is 4.72. The molecule has 138 valence electrons. The number of H-pyrrole nitrogens is 1. The van der Waals surface area contributed by atoms with Gasteiger partial charge in [0.15, 0.2) is 0 Å². The molecule has 0 fully saturated rings. The van der Waals surface area contributed by atoms with Crippen LogP contribution in [0.25, 0.3) is 10.9 Å². The Morgan fingerprint density at radius 3 is 2.56 bits per heavy atom. The van der Waals surface area contributed by atoms with Gasteiger partial charge in [-0.2, -0.15) is 0 Å². The molecule has 1 aliphatic rings. The van der Waals surface area contributed by atoms with E-state index in [2.05, 4.69) is 15.5 Å². The summed E-state index contributed by atoms with van der Waals surface area (Å²) >= 11 is 0. The van der Waals surface area contributed by atoms with E-state index in [-0.39, 0.29) is 16.5 Å². The number of benzene rings is 2. The van der Waals surface area contributed by atoms with Gasteiger partial charge in [-0.25, -0.2) is 12.7 Å². The van der Waals surface area contributed by atoms with E-state index in [1.165, 1.54) is 26.2 Å². The van der Waals surface area contributed by atoms with Crippen LogP contribution in [0, 0.1) is 4.91 Å². The first-order valence-electron chi connectivity index (χ1n) is 8.16. The Morgan fingerprint density at radius 1 is 1.11 bits per heavy atom. The highest BCUT2D eigenvalue weighted by Crippen LogP contribution is 2.44. The Hall–Kier alpha value is -3.04. The van der Waals surface area contributed by atoms with Gasteiger partial charge >= 0.3 is 0 Å². The predicted octanol–water partition coefficient (Wildman–Crippen LogP) is 2.90. The number of nitrogens with zero attached hydrogens (tertiary/aromatic N) is 2. The second kappa shape index (κ2) is 6.00. The molecule has 0 saturated carbocycles. The molecule has 1 aromatic heterocycles. The summed E-state index contributed by atoms with van der Waals surface area (Å²) < 4.78 is 26.0. The summed E-state index contributed by atoms with van der Waals surface area (Å²) in [5.74, 6) is -1.20. The maximum Gasteiger partial charge on any atom is 0.242 e. The second-order valence-electron chi connectivity index (χ2n) is 6.48. The topological polar surface area (TPSA) is 112 Å². The van der Waals surface area contributed by atoms with Gasteiger partial charge in [0.05, 0.1) is 10.6 Å². The molecule has 2 N–H and O–H groups in total. The molecule has 0 radical (unpaired) electrons. The van der Waals surface area contributed by atoms with E-state index in [0.29, 0.717) is 27.8 Å². The van der Waals surface area contributed by atoms with E-state index < -0.39 is 15.9 Å². The number of sulfonamides is 1. The third kappa shape index (κ3) is 2.54. The molecule has 2 heterocycles. The Labute approximate surface area is 155 Å². The molecule has 0 bridgehead atoms. The molecule has 0 saturated heterocycles. The molecule has 0 aliphatic carbocycles. The number of aromatic nitrogens is 1. The quantitative estimate of drug-likeness (QED) is 0.674. The van der Waals surface area contributed by atoms with Crippen LogP contribution in [-0.2, 0) is 14.8 Å². The van der Waals surface area contributed by atoms with Crippen LogP contribution in [0.1, 0.15) is 17.2 Å². The van der Waals surface area contributed by atoms with Gasteiger partial charge in [0.1, 0.15) is 11.6 Å². The first kappa shape index (κ1) is 17.4. The van der Waals surface area contributed by atoms with E-state index in [1.807, 2.05) is 6.07 Å². The molecule has 27 heavy (non-hydrogen) atoms. The number of fused-ring (bicyclic) bond motifs is 2. The van der Waals surface area contributed by atoms with Crippen LogP contribution in [-0.4, -0.2) is 37.7 Å². The van der Waals surface area contributed by atoms with Crippen LogP contribution in [0.5, 0.6) is 0 Å². The SMILES string of the molecule is CN(C)S(=O)(=O)c1ccc2c(c1)C(c1[nH]c3ccccc3c1N=O)C(=O)N2. The first-order chi connectivity index (χ1) is 12.8. The molecule has 1 unspecified atom stereocenters. The number of anilines is 1. The minimum Gasteiger partial charge on any atom is -0.356 e. The van der Waals surface area contributed by atoms with Crippen LogP contribution >= 0.6 is 0 Å². The van der Waals surface area contributed by atoms with Crippen LogP contribution < -0.4 is 5.32 Å². The molecular weight excluding hydrogens is 368 g/mol. The van der Waals surface area contributed by atoms with E-state index >= 15 is 0 Å². The van der Waals surface area contributed by atoms with Crippen LogP contribution in [0.4, 0.5) is 11.4 Å². The normalized spacial score (nSPS) is 16.6. The van der Waals surface area contributed by atoms with Gasteiger partial charge in [-0.05, 0) is 35.0 Å². The second-order valence-corrected chi connectivity index (χ2v) is 8.63. The molecule has 1 aliphatic heterocycles. The van der Waals surface area contributed by atoms with Crippen LogP contribution in [0.2, 0.25) is 0 Å². The number of amides is 1. The molecule has 2 aromatic carbocycles. The summed E-state index contributed by atoms with van der Waals surface area (Å²) in [6.45, 7) is 0. The summed E-state index contributed by atoms with van der Waals surface area (Å²) in [6.07, 6.45) is 0. The molecule has 0 spiro atoms. The lowest BCUT2D eigenvalue weighted by Crippen LogP contribution is -2.22. The fourth-order valence-corrected chi connectivity index (χ4v) is 4.29. The van der Waals surface area contributed by atoms with Crippen LogP contribution in [0.15, 0.2) is 52.5 Å². The van der Waals surface area contributed by atoms with Gasteiger partial charge in [0, 0.05) is 30.7 Å². The molecule has 1 atom stereocenters. The number of aromatic amines is 1.